The number of halogens is 1. The van der Waals surface area contributed by atoms with E-state index >= 15 is 0 Å². The van der Waals surface area contributed by atoms with Crippen LogP contribution in [0, 0.1) is 5.82 Å². The average molecular weight is 442 g/mol. The number of thioether (sulfide) groups is 1. The molecule has 0 bridgehead atoms. The summed E-state index contributed by atoms with van der Waals surface area (Å²) in [5, 5.41) is 2.49. The fourth-order valence-corrected chi connectivity index (χ4v) is 5.03. The summed E-state index contributed by atoms with van der Waals surface area (Å²) in [5.74, 6) is -0.979. The van der Waals surface area contributed by atoms with E-state index in [0.717, 1.165) is 25.9 Å². The molecular formula is C23H24FN3O3S. The van der Waals surface area contributed by atoms with Crippen LogP contribution in [-0.2, 0) is 14.3 Å². The second-order valence-electron chi connectivity index (χ2n) is 7.57. The maximum absolute atomic E-state index is 14.9. The summed E-state index contributed by atoms with van der Waals surface area (Å²) < 4.78 is 20.2. The smallest absolute Gasteiger partial charge is 0.338 e. The number of esters is 1. The topological polar surface area (TPSA) is 62.2 Å². The van der Waals surface area contributed by atoms with Crippen molar-refractivity contribution in [3.05, 3.63) is 70.7 Å². The highest BCUT2D eigenvalue weighted by atomic mass is 32.2. The second kappa shape index (κ2) is 9.09. The largest absolute Gasteiger partial charge is 0.458 e. The van der Waals surface area contributed by atoms with Gasteiger partial charge in [0, 0.05) is 24.4 Å². The van der Waals surface area contributed by atoms with Crippen molar-refractivity contribution in [2.75, 3.05) is 19.7 Å². The van der Waals surface area contributed by atoms with Crippen LogP contribution < -0.4 is 0 Å². The van der Waals surface area contributed by atoms with Gasteiger partial charge in [-0.3, -0.25) is 4.79 Å². The molecule has 31 heavy (non-hydrogen) atoms. The van der Waals surface area contributed by atoms with E-state index in [1.54, 1.807) is 30.0 Å². The lowest BCUT2D eigenvalue weighted by atomic mass is 9.93. The Hall–Kier alpha value is -2.87. The molecule has 1 aromatic carbocycles. The van der Waals surface area contributed by atoms with E-state index in [1.807, 2.05) is 10.3 Å². The number of amides is 1. The van der Waals surface area contributed by atoms with Crippen LogP contribution >= 0.6 is 11.8 Å². The zero-order valence-electron chi connectivity index (χ0n) is 17.3. The lowest BCUT2D eigenvalue weighted by Crippen LogP contribution is -2.38. The highest BCUT2D eigenvalue weighted by Gasteiger charge is 2.42. The molecule has 1 saturated heterocycles. The number of hydrogen-bond acceptors (Lipinski definition) is 6. The Kier molecular flexibility index (Phi) is 6.27. The van der Waals surface area contributed by atoms with Crippen LogP contribution in [0.1, 0.15) is 37.8 Å². The third-order valence-corrected chi connectivity index (χ3v) is 6.43. The Morgan fingerprint density at radius 2 is 2.06 bits per heavy atom. The van der Waals surface area contributed by atoms with Crippen molar-refractivity contribution in [3.8, 4) is 0 Å². The van der Waals surface area contributed by atoms with Gasteiger partial charge in [0.05, 0.1) is 23.7 Å². The predicted octanol–water partition coefficient (Wildman–Crippen LogP) is 4.14. The Morgan fingerprint density at radius 3 is 2.77 bits per heavy atom. The fourth-order valence-electron chi connectivity index (χ4n) is 4.07. The number of rotatable bonds is 6. The number of aliphatic imine (C=N–C) groups is 1. The van der Waals surface area contributed by atoms with Gasteiger partial charge in [-0.25, -0.2) is 14.2 Å². The van der Waals surface area contributed by atoms with Gasteiger partial charge in [-0.15, -0.1) is 0 Å². The standard InChI is InChI=1S/C23H24FN3O3S/c1-3-12-30-22(29)20-15(2)25-23-27(21(20)17-8-4-5-9-18(17)24)16(14-31-23)13-19(28)26-10-6-7-11-26/h3-5,8-9,14,21H,1,6-7,10-13H2,2H3/t21-/m1/s1. The molecule has 6 nitrogen and oxygen atoms in total. The molecule has 0 saturated carbocycles. The summed E-state index contributed by atoms with van der Waals surface area (Å²) >= 11 is 1.38. The van der Waals surface area contributed by atoms with E-state index in [2.05, 4.69) is 11.6 Å². The van der Waals surface area contributed by atoms with Crippen LogP contribution in [0.25, 0.3) is 0 Å². The summed E-state index contributed by atoms with van der Waals surface area (Å²) in [6.45, 7) is 6.86. The minimum atomic E-state index is -0.765. The maximum atomic E-state index is 14.9. The van der Waals surface area contributed by atoms with Crippen LogP contribution in [-0.4, -0.2) is 46.5 Å². The van der Waals surface area contributed by atoms with Crippen LogP contribution in [0.15, 0.2) is 64.3 Å². The number of hydrogen-bond donors (Lipinski definition) is 0. The number of amidine groups is 1. The molecule has 8 heteroatoms. The highest BCUT2D eigenvalue weighted by Crippen LogP contribution is 2.45. The van der Waals surface area contributed by atoms with Crippen LogP contribution in [0.2, 0.25) is 0 Å². The monoisotopic (exact) mass is 441 g/mol. The first kappa shape index (κ1) is 21.4. The van der Waals surface area contributed by atoms with Gasteiger partial charge in [-0.1, -0.05) is 42.6 Å². The van der Waals surface area contributed by atoms with E-state index in [-0.39, 0.29) is 24.5 Å². The van der Waals surface area contributed by atoms with Gasteiger partial charge >= 0.3 is 5.97 Å². The van der Waals surface area contributed by atoms with Crippen molar-refractivity contribution in [2.45, 2.75) is 32.2 Å². The molecule has 1 atom stereocenters. The number of fused-ring (bicyclic) bond motifs is 1. The molecule has 3 aliphatic heterocycles. The van der Waals surface area contributed by atoms with Gasteiger partial charge in [0.25, 0.3) is 0 Å². The SMILES string of the molecule is C=CCOC(=O)C1=C(C)N=C2SC=C(CC(=O)N3CCCC3)N2[C@@H]1c1ccccc1F. The number of carbonyl (C=O) groups excluding carboxylic acids is 2. The van der Waals surface area contributed by atoms with Gasteiger partial charge in [-0.2, -0.15) is 0 Å². The molecule has 1 amide bonds. The molecule has 0 aliphatic carbocycles. The first-order chi connectivity index (χ1) is 15.0. The molecule has 0 unspecified atom stereocenters. The second-order valence-corrected chi connectivity index (χ2v) is 8.40. The van der Waals surface area contributed by atoms with Crippen molar-refractivity contribution in [3.63, 3.8) is 0 Å². The van der Waals surface area contributed by atoms with Crippen LogP contribution in [0.3, 0.4) is 0 Å². The van der Waals surface area contributed by atoms with Crippen molar-refractivity contribution in [1.29, 1.82) is 0 Å². The van der Waals surface area contributed by atoms with Crippen molar-refractivity contribution < 1.29 is 18.7 Å². The number of benzene rings is 1. The van der Waals surface area contributed by atoms with E-state index in [4.69, 9.17) is 4.74 Å². The zero-order chi connectivity index (χ0) is 22.0. The van der Waals surface area contributed by atoms with Crippen LogP contribution in [0.4, 0.5) is 4.39 Å². The molecule has 1 fully saturated rings. The normalized spacial score (nSPS) is 20.4. The number of nitrogens with zero attached hydrogens (tertiary/aromatic N) is 3. The lowest BCUT2D eigenvalue weighted by Gasteiger charge is -2.36. The molecule has 1 aromatic rings. The van der Waals surface area contributed by atoms with Crippen molar-refractivity contribution in [1.82, 2.24) is 9.80 Å². The third-order valence-electron chi connectivity index (χ3n) is 5.54. The summed E-state index contributed by atoms with van der Waals surface area (Å²) in [4.78, 5) is 34.0. The van der Waals surface area contributed by atoms with Gasteiger partial charge in [0.15, 0.2) is 5.17 Å². The molecule has 0 N–H and O–H groups in total. The minimum absolute atomic E-state index is 0.0277. The van der Waals surface area contributed by atoms with Crippen LogP contribution in [0.5, 0.6) is 0 Å². The Balaban J connectivity index is 1.72. The summed E-state index contributed by atoms with van der Waals surface area (Å²) in [6, 6.07) is 5.59. The number of allylic oxidation sites excluding steroid dienone is 1. The van der Waals surface area contributed by atoms with E-state index in [9.17, 15) is 14.0 Å². The number of likely N-dealkylation sites (tertiary alicyclic amines) is 1. The van der Waals surface area contributed by atoms with E-state index in [0.29, 0.717) is 22.1 Å². The Bertz CT molecular complexity index is 1010. The van der Waals surface area contributed by atoms with Gasteiger partial charge in [0.1, 0.15) is 12.4 Å². The molecule has 3 heterocycles. The first-order valence-corrected chi connectivity index (χ1v) is 11.1. The van der Waals surface area contributed by atoms with Crippen molar-refractivity contribution >= 4 is 28.8 Å². The molecule has 0 aromatic heterocycles. The lowest BCUT2D eigenvalue weighted by molar-refractivity contribution is -0.138. The Labute approximate surface area is 185 Å². The number of ether oxygens (including phenoxy) is 1. The quantitative estimate of drug-likeness (QED) is 0.490. The average Bonchev–Trinajstić information content (AvgIpc) is 3.42. The summed E-state index contributed by atoms with van der Waals surface area (Å²) in [7, 11) is 0. The molecule has 0 radical (unpaired) electrons. The summed E-state index contributed by atoms with van der Waals surface area (Å²) in [5.41, 5.74) is 1.77. The predicted molar refractivity (Wildman–Crippen MR) is 118 cm³/mol. The first-order valence-electron chi connectivity index (χ1n) is 10.3. The Morgan fingerprint density at radius 1 is 1.32 bits per heavy atom. The zero-order valence-corrected chi connectivity index (χ0v) is 18.2. The maximum Gasteiger partial charge on any atom is 0.338 e. The van der Waals surface area contributed by atoms with Gasteiger partial charge in [-0.05, 0) is 31.2 Å². The molecule has 162 valence electrons. The number of carbonyl (C=O) groups is 2. The molecule has 3 aliphatic rings. The van der Waals surface area contributed by atoms with Gasteiger partial charge in [0.2, 0.25) is 5.91 Å². The fraction of sp³-hybridized carbons (Fsp3) is 0.348. The summed E-state index contributed by atoms with van der Waals surface area (Å²) in [6.07, 6.45) is 3.67. The van der Waals surface area contributed by atoms with Gasteiger partial charge < -0.3 is 14.5 Å². The minimum Gasteiger partial charge on any atom is -0.458 e. The molecular weight excluding hydrogens is 417 g/mol. The van der Waals surface area contributed by atoms with Crippen molar-refractivity contribution in [2.24, 2.45) is 4.99 Å². The highest BCUT2D eigenvalue weighted by molar-refractivity contribution is 8.16. The molecule has 0 spiro atoms. The molecule has 4 rings (SSSR count). The third kappa shape index (κ3) is 4.17. The van der Waals surface area contributed by atoms with E-state index in [1.165, 1.54) is 23.9 Å². The van der Waals surface area contributed by atoms with E-state index < -0.39 is 17.8 Å².